The molecule has 0 bridgehead atoms. The molecule has 0 fully saturated rings. The van der Waals surface area contributed by atoms with Crippen molar-refractivity contribution in [2.45, 2.75) is 6.42 Å². The number of carbonyl (C=O) groups excluding carboxylic acids is 1. The van der Waals surface area contributed by atoms with Crippen LogP contribution in [0.1, 0.15) is 5.56 Å². The van der Waals surface area contributed by atoms with E-state index >= 15 is 0 Å². The van der Waals surface area contributed by atoms with Crippen LogP contribution in [0.5, 0.6) is 0 Å². The first-order valence-corrected chi connectivity index (χ1v) is 6.69. The van der Waals surface area contributed by atoms with Gasteiger partial charge in [-0.3, -0.25) is 4.79 Å². The van der Waals surface area contributed by atoms with Gasteiger partial charge in [0.1, 0.15) is 0 Å². The molecule has 0 spiro atoms. The lowest BCUT2D eigenvalue weighted by Gasteiger charge is -2.02. The van der Waals surface area contributed by atoms with Gasteiger partial charge in [-0.25, -0.2) is 9.67 Å². The van der Waals surface area contributed by atoms with Crippen molar-refractivity contribution in [3.8, 4) is 16.9 Å². The highest BCUT2D eigenvalue weighted by Crippen LogP contribution is 2.29. The van der Waals surface area contributed by atoms with Gasteiger partial charge in [0.2, 0.25) is 5.91 Å². The van der Waals surface area contributed by atoms with E-state index in [9.17, 15) is 4.79 Å². The van der Waals surface area contributed by atoms with Crippen molar-refractivity contribution < 1.29 is 4.79 Å². The molecular formula is C16H12N4O. The number of hydrogen-bond donors (Lipinski definition) is 1. The van der Waals surface area contributed by atoms with E-state index in [2.05, 4.69) is 15.4 Å². The van der Waals surface area contributed by atoms with Crippen LogP contribution in [-0.2, 0) is 11.2 Å². The fourth-order valence-electron chi connectivity index (χ4n) is 2.50. The molecule has 3 heterocycles. The van der Waals surface area contributed by atoms with Crippen molar-refractivity contribution in [3.63, 3.8) is 0 Å². The summed E-state index contributed by atoms with van der Waals surface area (Å²) in [6.45, 7) is 0. The fraction of sp³-hybridized carbons (Fsp3) is 0.0625. The molecule has 0 saturated carbocycles. The summed E-state index contributed by atoms with van der Waals surface area (Å²) < 4.78 is 1.74. The van der Waals surface area contributed by atoms with Crippen LogP contribution in [0, 0.1) is 0 Å². The first kappa shape index (κ1) is 11.8. The number of nitrogens with zero attached hydrogens (tertiary/aromatic N) is 3. The monoisotopic (exact) mass is 276 g/mol. The van der Waals surface area contributed by atoms with Crippen LogP contribution in [0.4, 0.5) is 5.69 Å². The van der Waals surface area contributed by atoms with E-state index in [1.807, 2.05) is 42.6 Å². The van der Waals surface area contributed by atoms with Crippen LogP contribution < -0.4 is 5.32 Å². The summed E-state index contributed by atoms with van der Waals surface area (Å²) in [6.07, 6.45) is 5.93. The highest BCUT2D eigenvalue weighted by Gasteiger charge is 2.18. The molecule has 0 radical (unpaired) electrons. The average molecular weight is 276 g/mol. The summed E-state index contributed by atoms with van der Waals surface area (Å²) in [5.74, 6) is 0.827. The number of anilines is 1. The lowest BCUT2D eigenvalue weighted by Crippen LogP contribution is -2.03. The largest absolute Gasteiger partial charge is 0.326 e. The Morgan fingerprint density at radius 1 is 1.14 bits per heavy atom. The molecule has 5 nitrogen and oxygen atoms in total. The summed E-state index contributed by atoms with van der Waals surface area (Å²) in [6, 6.07) is 11.7. The number of amides is 1. The lowest BCUT2D eigenvalue weighted by atomic mass is 10.0. The number of pyridine rings is 1. The highest BCUT2D eigenvalue weighted by molar-refractivity contribution is 5.99. The van der Waals surface area contributed by atoms with Crippen LogP contribution >= 0.6 is 0 Å². The van der Waals surface area contributed by atoms with E-state index in [1.54, 1.807) is 17.1 Å². The van der Waals surface area contributed by atoms with Gasteiger partial charge < -0.3 is 5.32 Å². The zero-order valence-electron chi connectivity index (χ0n) is 11.2. The number of carbonyl (C=O) groups is 1. The number of rotatable bonds is 2. The summed E-state index contributed by atoms with van der Waals surface area (Å²) in [5.41, 5.74) is 3.99. The number of fused-ring (bicyclic) bond motifs is 1. The van der Waals surface area contributed by atoms with Gasteiger partial charge in [0, 0.05) is 23.6 Å². The SMILES string of the molecule is O=C1Cc2cc(-c3cnn(-c4ccccn4)c3)ccc2N1. The smallest absolute Gasteiger partial charge is 0.228 e. The predicted molar refractivity (Wildman–Crippen MR) is 79.1 cm³/mol. The van der Waals surface area contributed by atoms with Crippen molar-refractivity contribution in [1.29, 1.82) is 0 Å². The van der Waals surface area contributed by atoms with E-state index in [0.29, 0.717) is 6.42 Å². The minimum absolute atomic E-state index is 0.0475. The Hall–Kier alpha value is -2.95. The zero-order chi connectivity index (χ0) is 14.2. The second kappa shape index (κ2) is 4.56. The molecule has 102 valence electrons. The number of aromatic nitrogens is 3. The van der Waals surface area contributed by atoms with Crippen molar-refractivity contribution in [3.05, 3.63) is 60.6 Å². The maximum atomic E-state index is 11.4. The van der Waals surface area contributed by atoms with E-state index < -0.39 is 0 Å². The zero-order valence-corrected chi connectivity index (χ0v) is 11.2. The van der Waals surface area contributed by atoms with Gasteiger partial charge in [0.05, 0.1) is 12.6 Å². The van der Waals surface area contributed by atoms with E-state index in [1.165, 1.54) is 0 Å². The van der Waals surface area contributed by atoms with Gasteiger partial charge >= 0.3 is 0 Å². The van der Waals surface area contributed by atoms with Gasteiger partial charge in [-0.15, -0.1) is 0 Å². The Kier molecular flexibility index (Phi) is 2.57. The first-order chi connectivity index (χ1) is 10.3. The molecule has 0 aliphatic carbocycles. The molecular weight excluding hydrogens is 264 g/mol. The van der Waals surface area contributed by atoms with Crippen molar-refractivity contribution in [2.24, 2.45) is 0 Å². The van der Waals surface area contributed by atoms with Gasteiger partial charge in [0.25, 0.3) is 0 Å². The number of hydrogen-bond acceptors (Lipinski definition) is 3. The van der Waals surface area contributed by atoms with Crippen LogP contribution in [0.3, 0.4) is 0 Å². The van der Waals surface area contributed by atoms with Crippen molar-refractivity contribution >= 4 is 11.6 Å². The number of nitrogens with one attached hydrogen (secondary N) is 1. The van der Waals surface area contributed by atoms with E-state index in [0.717, 1.165) is 28.2 Å². The van der Waals surface area contributed by atoms with E-state index in [-0.39, 0.29) is 5.91 Å². The summed E-state index contributed by atoms with van der Waals surface area (Å²) in [5, 5.41) is 7.18. The molecule has 1 aliphatic rings. The third kappa shape index (κ3) is 2.08. The Balaban J connectivity index is 1.71. The molecule has 1 aromatic carbocycles. The Morgan fingerprint density at radius 3 is 2.95 bits per heavy atom. The molecule has 1 aliphatic heterocycles. The third-order valence-electron chi connectivity index (χ3n) is 3.53. The van der Waals surface area contributed by atoms with Crippen LogP contribution in [0.15, 0.2) is 55.0 Å². The Morgan fingerprint density at radius 2 is 2.10 bits per heavy atom. The van der Waals surface area contributed by atoms with Crippen LogP contribution in [-0.4, -0.2) is 20.7 Å². The molecule has 0 saturated heterocycles. The predicted octanol–water partition coefficient (Wildman–Crippen LogP) is 2.43. The first-order valence-electron chi connectivity index (χ1n) is 6.69. The second-order valence-corrected chi connectivity index (χ2v) is 4.96. The number of benzene rings is 1. The topological polar surface area (TPSA) is 59.8 Å². The molecule has 21 heavy (non-hydrogen) atoms. The summed E-state index contributed by atoms with van der Waals surface area (Å²) in [7, 11) is 0. The van der Waals surface area contributed by atoms with Crippen LogP contribution in [0.2, 0.25) is 0 Å². The molecule has 0 unspecified atom stereocenters. The van der Waals surface area contributed by atoms with Crippen molar-refractivity contribution in [2.75, 3.05) is 5.32 Å². The Labute approximate surface area is 121 Å². The van der Waals surface area contributed by atoms with Gasteiger partial charge in [-0.05, 0) is 35.4 Å². The average Bonchev–Trinajstić information content (AvgIpc) is 3.12. The molecule has 2 aromatic heterocycles. The molecule has 3 aromatic rings. The van der Waals surface area contributed by atoms with Crippen molar-refractivity contribution in [1.82, 2.24) is 14.8 Å². The molecule has 1 N–H and O–H groups in total. The second-order valence-electron chi connectivity index (χ2n) is 4.96. The lowest BCUT2D eigenvalue weighted by molar-refractivity contribution is -0.115. The maximum absolute atomic E-state index is 11.4. The minimum Gasteiger partial charge on any atom is -0.326 e. The van der Waals surface area contributed by atoms with Crippen LogP contribution in [0.25, 0.3) is 16.9 Å². The third-order valence-corrected chi connectivity index (χ3v) is 3.53. The molecule has 4 rings (SSSR count). The normalized spacial score (nSPS) is 13.0. The standard InChI is InChI=1S/C16H12N4O/c21-16-8-12-7-11(4-5-14(12)19-16)13-9-18-20(10-13)15-3-1-2-6-17-15/h1-7,9-10H,8H2,(H,19,21). The Bertz CT molecular complexity index is 823. The maximum Gasteiger partial charge on any atom is 0.228 e. The summed E-state index contributed by atoms with van der Waals surface area (Å²) >= 11 is 0. The van der Waals surface area contributed by atoms with Gasteiger partial charge in [0.15, 0.2) is 5.82 Å². The molecule has 1 amide bonds. The van der Waals surface area contributed by atoms with Gasteiger partial charge in [-0.2, -0.15) is 5.10 Å². The molecule has 0 atom stereocenters. The van der Waals surface area contributed by atoms with Gasteiger partial charge in [-0.1, -0.05) is 12.1 Å². The summed E-state index contributed by atoms with van der Waals surface area (Å²) in [4.78, 5) is 15.7. The quantitative estimate of drug-likeness (QED) is 0.782. The highest BCUT2D eigenvalue weighted by atomic mass is 16.1. The van der Waals surface area contributed by atoms with E-state index in [4.69, 9.17) is 0 Å². The minimum atomic E-state index is 0.0475. The molecule has 5 heteroatoms. The fourth-order valence-corrected chi connectivity index (χ4v) is 2.50.